The van der Waals surface area contributed by atoms with E-state index in [0.29, 0.717) is 6.42 Å². The number of phenolic OH excluding ortho intramolecular Hbond substituents is 1. The van der Waals surface area contributed by atoms with Crippen molar-refractivity contribution in [1.82, 2.24) is 10.6 Å². The standard InChI is InChI=1S/C23H30N4O4S/c1-32-12-11-18(24)22(30)27-20(14-15-5-3-2-4-6-15)23(31)26-19(21(25)29)13-16-7-9-17(28)10-8-16/h2-10,18-20,28H,11-14,24H2,1H3,(H2,25,29)(H,26,31)(H,27,30)/t18-,19-,20-/m0/s1. The Morgan fingerprint density at radius 1 is 0.906 bits per heavy atom. The van der Waals surface area contributed by atoms with Gasteiger partial charge in [0.05, 0.1) is 6.04 Å². The lowest BCUT2D eigenvalue weighted by molar-refractivity contribution is -0.131. The summed E-state index contributed by atoms with van der Waals surface area (Å²) >= 11 is 1.58. The van der Waals surface area contributed by atoms with Crippen LogP contribution < -0.4 is 22.1 Å². The molecule has 2 aromatic carbocycles. The zero-order valence-corrected chi connectivity index (χ0v) is 18.8. The van der Waals surface area contributed by atoms with Gasteiger partial charge in [0.2, 0.25) is 17.7 Å². The second kappa shape index (κ2) is 12.7. The molecule has 0 aliphatic heterocycles. The van der Waals surface area contributed by atoms with Crippen molar-refractivity contribution in [1.29, 1.82) is 0 Å². The van der Waals surface area contributed by atoms with Crippen LogP contribution in [-0.2, 0) is 27.2 Å². The van der Waals surface area contributed by atoms with Crippen molar-refractivity contribution in [3.8, 4) is 5.75 Å². The molecular formula is C23H30N4O4S. The van der Waals surface area contributed by atoms with Crippen LogP contribution in [0.3, 0.4) is 0 Å². The Bertz CT molecular complexity index is 893. The van der Waals surface area contributed by atoms with E-state index in [1.165, 1.54) is 12.1 Å². The van der Waals surface area contributed by atoms with Gasteiger partial charge in [-0.25, -0.2) is 0 Å². The van der Waals surface area contributed by atoms with Crippen LogP contribution >= 0.6 is 11.8 Å². The number of rotatable bonds is 12. The van der Waals surface area contributed by atoms with Crippen LogP contribution in [0.2, 0.25) is 0 Å². The monoisotopic (exact) mass is 458 g/mol. The minimum Gasteiger partial charge on any atom is -0.508 e. The number of carbonyl (C=O) groups is 3. The smallest absolute Gasteiger partial charge is 0.243 e. The van der Waals surface area contributed by atoms with Gasteiger partial charge in [-0.1, -0.05) is 42.5 Å². The Morgan fingerprint density at radius 3 is 2.06 bits per heavy atom. The Labute approximate surface area is 192 Å². The van der Waals surface area contributed by atoms with Gasteiger partial charge in [-0.3, -0.25) is 14.4 Å². The van der Waals surface area contributed by atoms with Gasteiger partial charge in [-0.15, -0.1) is 0 Å². The predicted molar refractivity (Wildman–Crippen MR) is 126 cm³/mol. The number of thioether (sulfide) groups is 1. The number of carbonyl (C=O) groups excluding carboxylic acids is 3. The lowest BCUT2D eigenvalue weighted by Gasteiger charge is -2.23. The molecule has 3 amide bonds. The van der Waals surface area contributed by atoms with Crippen molar-refractivity contribution in [2.75, 3.05) is 12.0 Å². The molecule has 0 aliphatic rings. The average Bonchev–Trinajstić information content (AvgIpc) is 2.78. The molecule has 3 atom stereocenters. The summed E-state index contributed by atoms with van der Waals surface area (Å²) in [5, 5.41) is 14.8. The zero-order chi connectivity index (χ0) is 23.5. The van der Waals surface area contributed by atoms with Crippen LogP contribution in [0.1, 0.15) is 17.5 Å². The van der Waals surface area contributed by atoms with Gasteiger partial charge in [0.25, 0.3) is 0 Å². The van der Waals surface area contributed by atoms with Gasteiger partial charge in [0.1, 0.15) is 17.8 Å². The number of phenols is 1. The van der Waals surface area contributed by atoms with E-state index in [1.807, 2.05) is 36.6 Å². The summed E-state index contributed by atoms with van der Waals surface area (Å²) in [6.07, 6.45) is 2.80. The van der Waals surface area contributed by atoms with Crippen LogP contribution in [-0.4, -0.2) is 53.0 Å². The van der Waals surface area contributed by atoms with Crippen molar-refractivity contribution in [2.45, 2.75) is 37.4 Å². The number of hydrogen-bond donors (Lipinski definition) is 5. The minimum absolute atomic E-state index is 0.0943. The third kappa shape index (κ3) is 8.24. The molecule has 0 bridgehead atoms. The van der Waals surface area contributed by atoms with Crippen LogP contribution in [0.15, 0.2) is 54.6 Å². The minimum atomic E-state index is -0.979. The van der Waals surface area contributed by atoms with Crippen LogP contribution in [0.4, 0.5) is 0 Å². The summed E-state index contributed by atoms with van der Waals surface area (Å²) in [4.78, 5) is 37.6. The molecule has 7 N–H and O–H groups in total. The fourth-order valence-electron chi connectivity index (χ4n) is 3.08. The van der Waals surface area contributed by atoms with Crippen molar-refractivity contribution in [3.05, 3.63) is 65.7 Å². The van der Waals surface area contributed by atoms with E-state index in [0.717, 1.165) is 16.9 Å². The van der Waals surface area contributed by atoms with Crippen LogP contribution in [0, 0.1) is 0 Å². The maximum Gasteiger partial charge on any atom is 0.243 e. The first-order valence-electron chi connectivity index (χ1n) is 10.3. The van der Waals surface area contributed by atoms with Crippen molar-refractivity contribution >= 4 is 29.5 Å². The second-order valence-electron chi connectivity index (χ2n) is 7.47. The SMILES string of the molecule is CSCC[C@H](N)C(=O)N[C@@H](Cc1ccccc1)C(=O)N[C@@H](Cc1ccc(O)cc1)C(N)=O. The first-order chi connectivity index (χ1) is 15.3. The Hall–Kier alpha value is -3.04. The number of benzene rings is 2. The number of hydrogen-bond acceptors (Lipinski definition) is 6. The molecule has 0 heterocycles. The molecule has 2 rings (SSSR count). The summed E-state index contributed by atoms with van der Waals surface area (Å²) in [5.74, 6) is -0.837. The van der Waals surface area contributed by atoms with Gasteiger partial charge in [-0.05, 0) is 41.7 Å². The normalized spacial score (nSPS) is 13.6. The molecule has 9 heteroatoms. The summed E-state index contributed by atoms with van der Waals surface area (Å²) in [6.45, 7) is 0. The van der Waals surface area contributed by atoms with Crippen molar-refractivity contribution < 1.29 is 19.5 Å². The molecule has 0 fully saturated rings. The summed E-state index contributed by atoms with van der Waals surface area (Å²) < 4.78 is 0. The lowest BCUT2D eigenvalue weighted by atomic mass is 10.0. The quantitative estimate of drug-likeness (QED) is 0.316. The van der Waals surface area contributed by atoms with Crippen LogP contribution in [0.25, 0.3) is 0 Å². The van der Waals surface area contributed by atoms with Gasteiger partial charge in [-0.2, -0.15) is 11.8 Å². The Morgan fingerprint density at radius 2 is 1.47 bits per heavy atom. The lowest BCUT2D eigenvalue weighted by Crippen LogP contribution is -2.56. The van der Waals surface area contributed by atoms with Crippen molar-refractivity contribution in [3.63, 3.8) is 0 Å². The van der Waals surface area contributed by atoms with E-state index in [-0.39, 0.29) is 18.6 Å². The molecule has 0 spiro atoms. The van der Waals surface area contributed by atoms with Gasteiger partial charge >= 0.3 is 0 Å². The molecule has 172 valence electrons. The number of primary amides is 1. The van der Waals surface area contributed by atoms with Gasteiger partial charge in [0, 0.05) is 12.8 Å². The Kier molecular flexibility index (Phi) is 10.0. The third-order valence-corrected chi connectivity index (χ3v) is 5.57. The topological polar surface area (TPSA) is 148 Å². The highest BCUT2D eigenvalue weighted by molar-refractivity contribution is 7.98. The fourth-order valence-corrected chi connectivity index (χ4v) is 3.57. The van der Waals surface area contributed by atoms with Gasteiger partial charge < -0.3 is 27.2 Å². The van der Waals surface area contributed by atoms with E-state index in [4.69, 9.17) is 11.5 Å². The first-order valence-corrected chi connectivity index (χ1v) is 11.7. The second-order valence-corrected chi connectivity index (χ2v) is 8.46. The van der Waals surface area contributed by atoms with E-state index in [1.54, 1.807) is 23.9 Å². The summed E-state index contributed by atoms with van der Waals surface area (Å²) in [6, 6.07) is 12.9. The Balaban J connectivity index is 2.14. The number of nitrogens with one attached hydrogen (secondary N) is 2. The number of amides is 3. The average molecular weight is 459 g/mol. The van der Waals surface area contributed by atoms with E-state index < -0.39 is 35.8 Å². The highest BCUT2D eigenvalue weighted by Gasteiger charge is 2.27. The summed E-state index contributed by atoms with van der Waals surface area (Å²) in [5.41, 5.74) is 13.0. The van der Waals surface area contributed by atoms with E-state index >= 15 is 0 Å². The maximum absolute atomic E-state index is 13.1. The number of nitrogens with two attached hydrogens (primary N) is 2. The number of aromatic hydroxyl groups is 1. The molecule has 8 nitrogen and oxygen atoms in total. The molecule has 0 saturated heterocycles. The van der Waals surface area contributed by atoms with E-state index in [2.05, 4.69) is 10.6 Å². The molecule has 32 heavy (non-hydrogen) atoms. The molecule has 0 saturated carbocycles. The third-order valence-electron chi connectivity index (χ3n) is 4.92. The van der Waals surface area contributed by atoms with E-state index in [9.17, 15) is 19.5 Å². The van der Waals surface area contributed by atoms with Crippen LogP contribution in [0.5, 0.6) is 5.75 Å². The first kappa shape index (κ1) is 25.2. The fraction of sp³-hybridized carbons (Fsp3) is 0.348. The molecular weight excluding hydrogens is 428 g/mol. The molecule has 0 unspecified atom stereocenters. The molecule has 0 radical (unpaired) electrons. The molecule has 0 aromatic heterocycles. The van der Waals surface area contributed by atoms with Gasteiger partial charge in [0.15, 0.2) is 0 Å². The highest BCUT2D eigenvalue weighted by Crippen LogP contribution is 2.12. The largest absolute Gasteiger partial charge is 0.508 e. The summed E-state index contributed by atoms with van der Waals surface area (Å²) in [7, 11) is 0. The van der Waals surface area contributed by atoms with Crippen molar-refractivity contribution in [2.24, 2.45) is 11.5 Å². The molecule has 2 aromatic rings. The molecule has 0 aliphatic carbocycles. The maximum atomic E-state index is 13.1. The predicted octanol–water partition coefficient (Wildman–Crippen LogP) is 0.713. The zero-order valence-electron chi connectivity index (χ0n) is 18.0. The highest BCUT2D eigenvalue weighted by atomic mass is 32.2.